The lowest BCUT2D eigenvalue weighted by molar-refractivity contribution is 0.0948. The summed E-state index contributed by atoms with van der Waals surface area (Å²) in [6.07, 6.45) is 5.98. The lowest BCUT2D eigenvalue weighted by Crippen LogP contribution is -2.23. The number of hydrogen-bond donors (Lipinski definition) is 4. The molecular formula is C29H30N6O2. The van der Waals surface area contributed by atoms with Crippen LogP contribution in [0, 0.1) is 5.41 Å². The van der Waals surface area contributed by atoms with Crippen LogP contribution in [0.25, 0.3) is 10.8 Å². The van der Waals surface area contributed by atoms with E-state index in [1.54, 1.807) is 7.11 Å². The predicted octanol–water partition coefficient (Wildman–Crippen LogP) is 4.92. The molecule has 1 aliphatic rings. The van der Waals surface area contributed by atoms with Crippen LogP contribution in [-0.4, -0.2) is 34.7 Å². The molecule has 188 valence electrons. The summed E-state index contributed by atoms with van der Waals surface area (Å²) in [4.78, 5) is 21.5. The van der Waals surface area contributed by atoms with Crippen LogP contribution < -0.4 is 21.1 Å². The van der Waals surface area contributed by atoms with Crippen LogP contribution in [0.4, 0.5) is 11.6 Å². The Hall–Kier alpha value is -4.46. The van der Waals surface area contributed by atoms with Gasteiger partial charge in [-0.3, -0.25) is 10.2 Å². The first-order valence-electron chi connectivity index (χ1n) is 12.4. The second-order valence-electron chi connectivity index (χ2n) is 9.26. The fourth-order valence-electron chi connectivity index (χ4n) is 4.80. The van der Waals surface area contributed by atoms with Crippen molar-refractivity contribution in [1.29, 1.82) is 5.41 Å². The Morgan fingerprint density at radius 1 is 1.05 bits per heavy atom. The Morgan fingerprint density at radius 2 is 1.76 bits per heavy atom. The number of methoxy groups -OCH3 is 1. The van der Waals surface area contributed by atoms with Crippen LogP contribution >= 0.6 is 0 Å². The molecule has 8 nitrogen and oxygen atoms in total. The smallest absolute Gasteiger partial charge is 0.255 e. The summed E-state index contributed by atoms with van der Waals surface area (Å²) >= 11 is 0. The van der Waals surface area contributed by atoms with Gasteiger partial charge in [0.25, 0.3) is 5.91 Å². The summed E-state index contributed by atoms with van der Waals surface area (Å²) in [7, 11) is 1.56. The molecule has 1 aliphatic carbocycles. The maximum atomic E-state index is 13.0. The van der Waals surface area contributed by atoms with E-state index in [0.29, 0.717) is 40.8 Å². The van der Waals surface area contributed by atoms with E-state index in [9.17, 15) is 4.79 Å². The third kappa shape index (κ3) is 5.23. The van der Waals surface area contributed by atoms with Gasteiger partial charge in [0.15, 0.2) is 0 Å². The minimum atomic E-state index is -0.212. The molecule has 0 bridgehead atoms. The van der Waals surface area contributed by atoms with Crippen LogP contribution in [0.2, 0.25) is 0 Å². The number of amides is 1. The van der Waals surface area contributed by atoms with Crippen LogP contribution in [0.15, 0.2) is 67.0 Å². The van der Waals surface area contributed by atoms with Gasteiger partial charge < -0.3 is 21.1 Å². The number of hydrogen-bond acceptors (Lipinski definition) is 7. The first-order valence-corrected chi connectivity index (χ1v) is 12.4. The van der Waals surface area contributed by atoms with Gasteiger partial charge in [0.2, 0.25) is 0 Å². The molecule has 1 aromatic heterocycles. The molecule has 0 spiro atoms. The van der Waals surface area contributed by atoms with Crippen molar-refractivity contribution in [2.45, 2.75) is 38.3 Å². The highest BCUT2D eigenvalue weighted by Gasteiger charge is 2.21. The number of nitrogens with two attached hydrogens (primary N) is 1. The highest BCUT2D eigenvalue weighted by Crippen LogP contribution is 2.28. The Balaban J connectivity index is 1.29. The van der Waals surface area contributed by atoms with E-state index >= 15 is 0 Å². The van der Waals surface area contributed by atoms with E-state index in [1.807, 2.05) is 60.7 Å². The van der Waals surface area contributed by atoms with Gasteiger partial charge in [0.1, 0.15) is 23.7 Å². The lowest BCUT2D eigenvalue weighted by atomic mass is 10.0. The summed E-state index contributed by atoms with van der Waals surface area (Å²) in [6.45, 7) is 0.341. The molecule has 5 N–H and O–H groups in total. The summed E-state index contributed by atoms with van der Waals surface area (Å²) in [5.74, 6) is 1.20. The summed E-state index contributed by atoms with van der Waals surface area (Å²) < 4.78 is 5.46. The zero-order valence-corrected chi connectivity index (χ0v) is 20.8. The van der Waals surface area contributed by atoms with E-state index in [4.69, 9.17) is 15.9 Å². The predicted molar refractivity (Wildman–Crippen MR) is 146 cm³/mol. The average Bonchev–Trinajstić information content (AvgIpc) is 3.44. The zero-order chi connectivity index (χ0) is 25.8. The molecule has 0 unspecified atom stereocenters. The number of aromatic nitrogens is 2. The number of rotatable bonds is 8. The summed E-state index contributed by atoms with van der Waals surface area (Å²) in [5, 5.41) is 17.2. The highest BCUT2D eigenvalue weighted by atomic mass is 16.5. The van der Waals surface area contributed by atoms with Crippen LogP contribution in [-0.2, 0) is 6.54 Å². The van der Waals surface area contributed by atoms with Crippen molar-refractivity contribution in [3.05, 3.63) is 89.2 Å². The molecule has 5 rings (SSSR count). The number of nitrogens with zero attached hydrogens (tertiary/aromatic N) is 2. The first kappa shape index (κ1) is 24.2. The van der Waals surface area contributed by atoms with Crippen molar-refractivity contribution >= 4 is 34.0 Å². The molecule has 4 aromatic rings. The second-order valence-corrected chi connectivity index (χ2v) is 9.26. The monoisotopic (exact) mass is 494 g/mol. The molecule has 3 aromatic carbocycles. The molecular weight excluding hydrogens is 464 g/mol. The van der Waals surface area contributed by atoms with Crippen molar-refractivity contribution in [3.8, 4) is 5.75 Å². The van der Waals surface area contributed by atoms with E-state index in [1.165, 1.54) is 19.2 Å². The van der Waals surface area contributed by atoms with E-state index in [0.717, 1.165) is 29.2 Å². The maximum Gasteiger partial charge on any atom is 0.255 e. The molecule has 0 aliphatic heterocycles. The van der Waals surface area contributed by atoms with Crippen molar-refractivity contribution < 1.29 is 9.53 Å². The molecule has 1 saturated carbocycles. The Labute approximate surface area is 215 Å². The third-order valence-corrected chi connectivity index (χ3v) is 6.83. The number of carbonyl (C=O) groups is 1. The van der Waals surface area contributed by atoms with Crippen molar-refractivity contribution in [3.63, 3.8) is 0 Å². The molecule has 0 atom stereocenters. The minimum Gasteiger partial charge on any atom is -0.496 e. The number of carbonyl (C=O) groups excluding carboxylic acids is 1. The van der Waals surface area contributed by atoms with Crippen molar-refractivity contribution in [2.24, 2.45) is 0 Å². The number of nitrogens with one attached hydrogen (secondary N) is 3. The van der Waals surface area contributed by atoms with Crippen LogP contribution in [0.5, 0.6) is 5.75 Å². The number of nitrogen functional groups attached to an aromatic ring is 1. The van der Waals surface area contributed by atoms with Gasteiger partial charge in [-0.1, -0.05) is 61.4 Å². The molecule has 1 fully saturated rings. The normalized spacial score (nSPS) is 13.4. The summed E-state index contributed by atoms with van der Waals surface area (Å²) in [6, 6.07) is 19.4. The number of fused-ring (bicyclic) bond motifs is 1. The van der Waals surface area contributed by atoms with Gasteiger partial charge in [-0.25, -0.2) is 9.97 Å². The maximum absolute atomic E-state index is 13.0. The van der Waals surface area contributed by atoms with Gasteiger partial charge in [-0.2, -0.15) is 0 Å². The van der Waals surface area contributed by atoms with Crippen LogP contribution in [0.1, 0.15) is 52.7 Å². The Morgan fingerprint density at radius 3 is 2.46 bits per heavy atom. The topological polar surface area (TPSA) is 126 Å². The number of benzene rings is 3. The standard InChI is InChI=1S/C29H30N6O2/c1-37-24-15-21-7-3-2-6-20(21)14-23(24)29(36)32-16-18-10-12-19(13-11-18)26(30)25-27(31)33-17-34-28(25)35-22-8-4-5-9-22/h2-3,6-7,10-15,17,22,30H,4-5,8-9,16H2,1H3,(H,32,36)(H3,31,33,34,35). The third-order valence-electron chi connectivity index (χ3n) is 6.83. The molecule has 0 radical (unpaired) electrons. The zero-order valence-electron chi connectivity index (χ0n) is 20.8. The van der Waals surface area contributed by atoms with Crippen LogP contribution in [0.3, 0.4) is 0 Å². The lowest BCUT2D eigenvalue weighted by Gasteiger charge is -2.17. The molecule has 1 amide bonds. The Kier molecular flexibility index (Phi) is 6.98. The second kappa shape index (κ2) is 10.7. The fourth-order valence-corrected chi connectivity index (χ4v) is 4.80. The fraction of sp³-hybridized carbons (Fsp3) is 0.241. The minimum absolute atomic E-state index is 0.212. The van der Waals surface area contributed by atoms with Gasteiger partial charge in [0.05, 0.1) is 23.9 Å². The van der Waals surface area contributed by atoms with Crippen molar-refractivity contribution in [2.75, 3.05) is 18.2 Å². The quantitative estimate of drug-likeness (QED) is 0.258. The molecule has 1 heterocycles. The molecule has 0 saturated heterocycles. The van der Waals surface area contributed by atoms with Gasteiger partial charge >= 0.3 is 0 Å². The van der Waals surface area contributed by atoms with Crippen molar-refractivity contribution in [1.82, 2.24) is 15.3 Å². The van der Waals surface area contributed by atoms with E-state index in [2.05, 4.69) is 20.6 Å². The SMILES string of the molecule is COc1cc2ccccc2cc1C(=O)NCc1ccc(C(=N)c2c(N)ncnc2NC2CCCC2)cc1. The summed E-state index contributed by atoms with van der Waals surface area (Å²) in [5.41, 5.74) is 9.03. The van der Waals surface area contributed by atoms with Gasteiger partial charge in [0, 0.05) is 18.2 Å². The average molecular weight is 495 g/mol. The Bertz CT molecular complexity index is 1450. The highest BCUT2D eigenvalue weighted by molar-refractivity contribution is 6.16. The van der Waals surface area contributed by atoms with E-state index < -0.39 is 0 Å². The molecule has 8 heteroatoms. The van der Waals surface area contributed by atoms with Gasteiger partial charge in [-0.15, -0.1) is 0 Å². The largest absolute Gasteiger partial charge is 0.496 e. The number of ether oxygens (including phenoxy) is 1. The van der Waals surface area contributed by atoms with Gasteiger partial charge in [-0.05, 0) is 41.3 Å². The van der Waals surface area contributed by atoms with E-state index in [-0.39, 0.29) is 17.4 Å². The first-order chi connectivity index (χ1) is 18.0. The molecule has 37 heavy (non-hydrogen) atoms. The number of anilines is 2.